The number of hydrogen-bond acceptors (Lipinski definition) is 7. The van der Waals surface area contributed by atoms with E-state index in [0.29, 0.717) is 23.5 Å². The molecule has 2 saturated heterocycles. The molecule has 43 heavy (non-hydrogen) atoms. The SMILES string of the molecule is COc1ccccc1N1CCN(c2ccc(NC(=O)Nc3ccc(C)cc3)cc2C(=O)NCCCN2CCOCC2)CC1. The van der Waals surface area contributed by atoms with Gasteiger partial charge in [0, 0.05) is 62.9 Å². The molecule has 3 N–H and O–H groups in total. The van der Waals surface area contributed by atoms with Crippen LogP contribution >= 0.6 is 0 Å². The average molecular weight is 587 g/mol. The summed E-state index contributed by atoms with van der Waals surface area (Å²) in [6.07, 6.45) is 0.857. The summed E-state index contributed by atoms with van der Waals surface area (Å²) >= 11 is 0. The number of ether oxygens (including phenoxy) is 2. The summed E-state index contributed by atoms with van der Waals surface area (Å²) in [7, 11) is 1.69. The summed E-state index contributed by atoms with van der Waals surface area (Å²) in [4.78, 5) is 33.2. The number of carbonyl (C=O) groups is 2. The van der Waals surface area contributed by atoms with Crippen LogP contribution in [0, 0.1) is 6.92 Å². The Morgan fingerprint density at radius 3 is 2.19 bits per heavy atom. The molecule has 3 aromatic carbocycles. The molecule has 0 aromatic heterocycles. The van der Waals surface area contributed by atoms with Crippen LogP contribution in [0.4, 0.5) is 27.5 Å². The van der Waals surface area contributed by atoms with Crippen molar-refractivity contribution in [2.75, 3.05) is 93.1 Å². The number of aryl methyl sites for hydroxylation is 1. The van der Waals surface area contributed by atoms with Crippen LogP contribution in [-0.2, 0) is 4.74 Å². The molecule has 0 aliphatic carbocycles. The first-order chi connectivity index (χ1) is 21.0. The Morgan fingerprint density at radius 2 is 1.47 bits per heavy atom. The van der Waals surface area contributed by atoms with Gasteiger partial charge < -0.3 is 35.2 Å². The second-order valence-electron chi connectivity index (χ2n) is 10.9. The summed E-state index contributed by atoms with van der Waals surface area (Å²) in [6.45, 7) is 9.94. The number of urea groups is 1. The number of para-hydroxylation sites is 2. The van der Waals surface area contributed by atoms with Crippen LogP contribution in [0.15, 0.2) is 66.7 Å². The zero-order valence-electron chi connectivity index (χ0n) is 25.1. The fraction of sp³-hybridized carbons (Fsp3) is 0.394. The van der Waals surface area contributed by atoms with Gasteiger partial charge in [-0.3, -0.25) is 9.69 Å². The average Bonchev–Trinajstić information content (AvgIpc) is 3.04. The van der Waals surface area contributed by atoms with Crippen molar-refractivity contribution in [2.24, 2.45) is 0 Å². The van der Waals surface area contributed by atoms with Crippen LogP contribution in [0.1, 0.15) is 22.3 Å². The number of nitrogens with zero attached hydrogens (tertiary/aromatic N) is 3. The Labute approximate surface area is 253 Å². The zero-order chi connectivity index (χ0) is 30.0. The summed E-state index contributed by atoms with van der Waals surface area (Å²) in [5.74, 6) is 0.708. The van der Waals surface area contributed by atoms with Crippen molar-refractivity contribution in [2.45, 2.75) is 13.3 Å². The summed E-state index contributed by atoms with van der Waals surface area (Å²) < 4.78 is 11.0. The molecule has 228 valence electrons. The highest BCUT2D eigenvalue weighted by Gasteiger charge is 2.24. The predicted octanol–water partition coefficient (Wildman–Crippen LogP) is 4.43. The lowest BCUT2D eigenvalue weighted by Crippen LogP contribution is -2.47. The van der Waals surface area contributed by atoms with Gasteiger partial charge in [0.15, 0.2) is 0 Å². The number of amides is 3. The monoisotopic (exact) mass is 586 g/mol. The fourth-order valence-electron chi connectivity index (χ4n) is 5.51. The standard InChI is InChI=1S/C33H42N6O4/c1-25-8-10-26(11-9-25)35-33(41)36-27-12-13-29(28(24-27)32(40)34-14-5-15-37-20-22-43-23-21-37)38-16-18-39(19-17-38)30-6-3-4-7-31(30)42-2/h3-4,6-13,24H,5,14-23H2,1-2H3,(H,34,40)(H2,35,36,41). The van der Waals surface area contributed by atoms with Crippen LogP contribution in [-0.4, -0.2) is 89.5 Å². The van der Waals surface area contributed by atoms with Crippen molar-refractivity contribution < 1.29 is 19.1 Å². The second-order valence-corrected chi connectivity index (χ2v) is 10.9. The van der Waals surface area contributed by atoms with E-state index in [4.69, 9.17) is 9.47 Å². The maximum Gasteiger partial charge on any atom is 0.323 e. The molecule has 0 radical (unpaired) electrons. The molecule has 2 aliphatic heterocycles. The Kier molecular flexibility index (Phi) is 10.4. The second kappa shape index (κ2) is 14.8. The minimum atomic E-state index is -0.362. The number of anilines is 4. The molecule has 2 aliphatic rings. The molecule has 3 amide bonds. The highest BCUT2D eigenvalue weighted by Crippen LogP contribution is 2.31. The lowest BCUT2D eigenvalue weighted by molar-refractivity contribution is 0.0374. The summed E-state index contributed by atoms with van der Waals surface area (Å²) in [6, 6.07) is 20.8. The van der Waals surface area contributed by atoms with Gasteiger partial charge >= 0.3 is 6.03 Å². The first-order valence-electron chi connectivity index (χ1n) is 15.0. The maximum atomic E-state index is 13.6. The van der Waals surface area contributed by atoms with Gasteiger partial charge in [0.25, 0.3) is 5.91 Å². The molecule has 0 spiro atoms. The molecule has 2 heterocycles. The van der Waals surface area contributed by atoms with E-state index < -0.39 is 0 Å². The quantitative estimate of drug-likeness (QED) is 0.303. The number of piperazine rings is 1. The third kappa shape index (κ3) is 8.18. The Morgan fingerprint density at radius 1 is 0.814 bits per heavy atom. The number of rotatable bonds is 10. The van der Waals surface area contributed by atoms with Gasteiger partial charge in [0.2, 0.25) is 0 Å². The largest absolute Gasteiger partial charge is 0.495 e. The molecule has 0 unspecified atom stereocenters. The van der Waals surface area contributed by atoms with E-state index >= 15 is 0 Å². The molecule has 2 fully saturated rings. The van der Waals surface area contributed by atoms with Crippen molar-refractivity contribution in [3.63, 3.8) is 0 Å². The highest BCUT2D eigenvalue weighted by atomic mass is 16.5. The predicted molar refractivity (Wildman–Crippen MR) is 172 cm³/mol. The van der Waals surface area contributed by atoms with Crippen molar-refractivity contribution in [3.05, 3.63) is 77.9 Å². The first kappa shape index (κ1) is 30.2. The van der Waals surface area contributed by atoms with E-state index in [0.717, 1.165) is 88.1 Å². The van der Waals surface area contributed by atoms with Crippen LogP contribution in [0.3, 0.4) is 0 Å². The summed E-state index contributed by atoms with van der Waals surface area (Å²) in [5.41, 5.74) is 4.85. The lowest BCUT2D eigenvalue weighted by Gasteiger charge is -2.38. The molecule has 10 heteroatoms. The third-order valence-corrected chi connectivity index (χ3v) is 7.90. The molecule has 3 aromatic rings. The van der Waals surface area contributed by atoms with Gasteiger partial charge in [-0.15, -0.1) is 0 Å². The number of methoxy groups -OCH3 is 1. The maximum absolute atomic E-state index is 13.6. The topological polar surface area (TPSA) is 98.4 Å². The highest BCUT2D eigenvalue weighted by molar-refractivity contribution is 6.04. The zero-order valence-corrected chi connectivity index (χ0v) is 25.1. The van der Waals surface area contributed by atoms with Crippen LogP contribution in [0.5, 0.6) is 5.75 Å². The van der Waals surface area contributed by atoms with Gasteiger partial charge in [-0.1, -0.05) is 29.8 Å². The molecule has 0 atom stereocenters. The number of carbonyl (C=O) groups excluding carboxylic acids is 2. The van der Waals surface area contributed by atoms with E-state index in [1.165, 1.54) is 0 Å². The number of morpholine rings is 1. The smallest absolute Gasteiger partial charge is 0.323 e. The number of nitrogens with one attached hydrogen (secondary N) is 3. The number of hydrogen-bond donors (Lipinski definition) is 3. The van der Waals surface area contributed by atoms with Gasteiger partial charge in [0.1, 0.15) is 5.75 Å². The minimum absolute atomic E-state index is 0.147. The molecule has 0 saturated carbocycles. The lowest BCUT2D eigenvalue weighted by atomic mass is 10.1. The van der Waals surface area contributed by atoms with Gasteiger partial charge in [-0.25, -0.2) is 4.79 Å². The van der Waals surface area contributed by atoms with Gasteiger partial charge in [-0.2, -0.15) is 0 Å². The third-order valence-electron chi connectivity index (χ3n) is 7.90. The van der Waals surface area contributed by atoms with E-state index in [1.807, 2.05) is 61.5 Å². The minimum Gasteiger partial charge on any atom is -0.495 e. The molecule has 0 bridgehead atoms. The van der Waals surface area contributed by atoms with E-state index in [2.05, 4.69) is 36.7 Å². The Hall–Kier alpha value is -4.28. The van der Waals surface area contributed by atoms with E-state index in [1.54, 1.807) is 13.2 Å². The van der Waals surface area contributed by atoms with Gasteiger partial charge in [-0.05, 0) is 62.4 Å². The molecule has 5 rings (SSSR count). The first-order valence-corrected chi connectivity index (χ1v) is 15.0. The van der Waals surface area contributed by atoms with Crippen molar-refractivity contribution in [1.29, 1.82) is 0 Å². The molecule has 10 nitrogen and oxygen atoms in total. The Bertz CT molecular complexity index is 1370. The van der Waals surface area contributed by atoms with Crippen molar-refractivity contribution in [3.8, 4) is 5.75 Å². The number of benzene rings is 3. The Balaban J connectivity index is 1.27. The molecular weight excluding hydrogens is 544 g/mol. The van der Waals surface area contributed by atoms with Gasteiger partial charge in [0.05, 0.1) is 31.6 Å². The van der Waals surface area contributed by atoms with Crippen LogP contribution < -0.4 is 30.5 Å². The van der Waals surface area contributed by atoms with Crippen LogP contribution in [0.25, 0.3) is 0 Å². The molecular formula is C33H42N6O4. The van der Waals surface area contributed by atoms with Crippen molar-refractivity contribution in [1.82, 2.24) is 10.2 Å². The van der Waals surface area contributed by atoms with E-state index in [-0.39, 0.29) is 11.9 Å². The van der Waals surface area contributed by atoms with Crippen molar-refractivity contribution >= 4 is 34.7 Å². The van der Waals surface area contributed by atoms with E-state index in [9.17, 15) is 9.59 Å². The fourth-order valence-corrected chi connectivity index (χ4v) is 5.51. The van der Waals surface area contributed by atoms with Crippen LogP contribution in [0.2, 0.25) is 0 Å². The summed E-state index contributed by atoms with van der Waals surface area (Å²) in [5, 5.41) is 8.86. The normalized spacial score (nSPS) is 15.6.